The molecule has 5 heteroatoms. The number of urea groups is 1. The van der Waals surface area contributed by atoms with Gasteiger partial charge in [-0.1, -0.05) is 12.1 Å². The van der Waals surface area contributed by atoms with E-state index >= 15 is 0 Å². The number of likely N-dealkylation sites (tertiary alicyclic amines) is 1. The zero-order valence-corrected chi connectivity index (χ0v) is 16.6. The van der Waals surface area contributed by atoms with Crippen LogP contribution >= 0.6 is 0 Å². The first kappa shape index (κ1) is 17.1. The molecule has 0 bridgehead atoms. The molecule has 5 rings (SSSR count). The van der Waals surface area contributed by atoms with E-state index in [1.807, 2.05) is 14.0 Å². The Labute approximate surface area is 161 Å². The lowest BCUT2D eigenvalue weighted by Gasteiger charge is -2.46. The summed E-state index contributed by atoms with van der Waals surface area (Å²) in [5.74, 6) is 1.24. The molecular weight excluding hydrogens is 336 g/mol. The number of rotatable bonds is 3. The SMILES string of the molecule is CCN(C)C(=O)NC1C[C@@H]2c3cccc4[nH]c(C5CC5)c(c34)C[C@H]2N(C)C1. The first-order valence-corrected chi connectivity index (χ1v) is 10.4. The highest BCUT2D eigenvalue weighted by molar-refractivity contribution is 5.90. The predicted molar refractivity (Wildman–Crippen MR) is 108 cm³/mol. The highest BCUT2D eigenvalue weighted by Crippen LogP contribution is 2.49. The highest BCUT2D eigenvalue weighted by Gasteiger charge is 2.42. The van der Waals surface area contributed by atoms with Crippen LogP contribution in [0.15, 0.2) is 18.2 Å². The van der Waals surface area contributed by atoms with Crippen molar-refractivity contribution in [3.63, 3.8) is 0 Å². The van der Waals surface area contributed by atoms with Crippen LogP contribution in [0.5, 0.6) is 0 Å². The average Bonchev–Trinajstić information content (AvgIpc) is 3.44. The zero-order chi connectivity index (χ0) is 18.7. The lowest BCUT2D eigenvalue weighted by Crippen LogP contribution is -2.56. The Bertz CT molecular complexity index is 884. The molecule has 2 fully saturated rings. The van der Waals surface area contributed by atoms with E-state index in [0.717, 1.165) is 31.8 Å². The van der Waals surface area contributed by atoms with Gasteiger partial charge in [0.2, 0.25) is 0 Å². The molecule has 2 N–H and O–H groups in total. The summed E-state index contributed by atoms with van der Waals surface area (Å²) in [6, 6.07) is 7.54. The van der Waals surface area contributed by atoms with Gasteiger partial charge < -0.3 is 20.1 Å². The van der Waals surface area contributed by atoms with Crippen molar-refractivity contribution < 1.29 is 4.79 Å². The van der Waals surface area contributed by atoms with E-state index in [9.17, 15) is 4.79 Å². The van der Waals surface area contributed by atoms with Crippen LogP contribution in [-0.4, -0.2) is 60.1 Å². The topological polar surface area (TPSA) is 51.4 Å². The Kier molecular flexibility index (Phi) is 3.97. The molecule has 5 nitrogen and oxygen atoms in total. The van der Waals surface area contributed by atoms with Crippen LogP contribution in [0.25, 0.3) is 10.9 Å². The number of hydrogen-bond acceptors (Lipinski definition) is 2. The fourth-order valence-electron chi connectivity index (χ4n) is 5.31. The lowest BCUT2D eigenvalue weighted by atomic mass is 9.73. The van der Waals surface area contributed by atoms with E-state index in [2.05, 4.69) is 40.4 Å². The molecule has 0 radical (unpaired) electrons. The van der Waals surface area contributed by atoms with E-state index < -0.39 is 0 Å². The second-order valence-corrected chi connectivity index (χ2v) is 8.78. The second kappa shape index (κ2) is 6.26. The van der Waals surface area contributed by atoms with Gasteiger partial charge in [-0.15, -0.1) is 0 Å². The highest BCUT2D eigenvalue weighted by atomic mass is 16.2. The minimum absolute atomic E-state index is 0.0433. The predicted octanol–water partition coefficient (Wildman–Crippen LogP) is 3.42. The molecule has 2 heterocycles. The third kappa shape index (κ3) is 2.75. The van der Waals surface area contributed by atoms with Crippen molar-refractivity contribution >= 4 is 16.9 Å². The summed E-state index contributed by atoms with van der Waals surface area (Å²) in [5.41, 5.74) is 5.87. The maximum absolute atomic E-state index is 12.4. The number of amides is 2. The van der Waals surface area contributed by atoms with Crippen LogP contribution in [0.2, 0.25) is 0 Å². The normalized spacial score (nSPS) is 27.4. The van der Waals surface area contributed by atoms with Gasteiger partial charge >= 0.3 is 6.03 Å². The number of benzene rings is 1. The van der Waals surface area contributed by atoms with Crippen molar-refractivity contribution in [3.05, 3.63) is 35.0 Å². The summed E-state index contributed by atoms with van der Waals surface area (Å²) in [7, 11) is 4.09. The molecule has 1 unspecified atom stereocenters. The molecule has 1 aromatic heterocycles. The summed E-state index contributed by atoms with van der Waals surface area (Å²) in [4.78, 5) is 20.4. The Hall–Kier alpha value is -2.01. The van der Waals surface area contributed by atoms with Gasteiger partial charge in [-0.25, -0.2) is 4.79 Å². The average molecular weight is 367 g/mol. The zero-order valence-electron chi connectivity index (χ0n) is 16.6. The number of hydrogen-bond donors (Lipinski definition) is 2. The van der Waals surface area contributed by atoms with E-state index in [4.69, 9.17) is 0 Å². The summed E-state index contributed by atoms with van der Waals surface area (Å²) in [6.07, 6.45) is 4.83. The number of carbonyl (C=O) groups is 1. The smallest absolute Gasteiger partial charge is 0.317 e. The number of nitrogens with one attached hydrogen (secondary N) is 2. The molecule has 2 aromatic rings. The standard InChI is InChI=1S/C22H30N4O/c1-4-25(2)22(27)23-14-10-16-15-6-5-7-18-20(15)17(11-19(16)26(3)12-14)21(24-18)13-8-9-13/h5-7,13-14,16,19,24H,4,8-12H2,1-3H3,(H,23,27)/t14?,16-,19-/m1/s1. The fourth-order valence-corrected chi connectivity index (χ4v) is 5.31. The number of aromatic amines is 1. The van der Waals surface area contributed by atoms with Gasteiger partial charge in [0.1, 0.15) is 0 Å². The number of carbonyl (C=O) groups excluding carboxylic acids is 1. The first-order chi connectivity index (χ1) is 13.1. The Morgan fingerprint density at radius 2 is 2.19 bits per heavy atom. The van der Waals surface area contributed by atoms with Gasteiger partial charge in [-0.3, -0.25) is 0 Å². The van der Waals surface area contributed by atoms with Crippen LogP contribution < -0.4 is 5.32 Å². The summed E-state index contributed by atoms with van der Waals surface area (Å²) >= 11 is 0. The van der Waals surface area contributed by atoms with Gasteiger partial charge in [0.05, 0.1) is 0 Å². The number of aromatic nitrogens is 1. The third-order valence-corrected chi connectivity index (χ3v) is 7.02. The number of nitrogens with zero attached hydrogens (tertiary/aromatic N) is 2. The minimum Gasteiger partial charge on any atom is -0.358 e. The van der Waals surface area contributed by atoms with Crippen molar-refractivity contribution in [1.82, 2.24) is 20.1 Å². The van der Waals surface area contributed by atoms with Gasteiger partial charge in [0.25, 0.3) is 0 Å². The maximum Gasteiger partial charge on any atom is 0.317 e. The largest absolute Gasteiger partial charge is 0.358 e. The molecule has 2 aliphatic carbocycles. The van der Waals surface area contributed by atoms with Crippen molar-refractivity contribution in [3.8, 4) is 0 Å². The van der Waals surface area contributed by atoms with Crippen molar-refractivity contribution in [2.75, 3.05) is 27.2 Å². The van der Waals surface area contributed by atoms with Crippen LogP contribution in [-0.2, 0) is 6.42 Å². The van der Waals surface area contributed by atoms with Crippen molar-refractivity contribution in [2.45, 2.75) is 56.5 Å². The summed E-state index contributed by atoms with van der Waals surface area (Å²) in [5, 5.41) is 4.74. The van der Waals surface area contributed by atoms with Crippen LogP contribution in [0.3, 0.4) is 0 Å². The summed E-state index contributed by atoms with van der Waals surface area (Å²) < 4.78 is 0. The third-order valence-electron chi connectivity index (χ3n) is 7.02. The molecule has 1 saturated heterocycles. The number of piperidine rings is 1. The molecule has 3 atom stereocenters. The molecule has 3 aliphatic rings. The van der Waals surface area contributed by atoms with Gasteiger partial charge in [0, 0.05) is 54.7 Å². The van der Waals surface area contributed by atoms with Crippen LogP contribution in [0.4, 0.5) is 4.79 Å². The monoisotopic (exact) mass is 366 g/mol. The molecule has 1 saturated carbocycles. The molecule has 144 valence electrons. The van der Waals surface area contributed by atoms with E-state index in [1.54, 1.807) is 10.5 Å². The van der Waals surface area contributed by atoms with E-state index in [-0.39, 0.29) is 12.1 Å². The van der Waals surface area contributed by atoms with E-state index in [1.165, 1.54) is 35.0 Å². The van der Waals surface area contributed by atoms with E-state index in [0.29, 0.717) is 12.0 Å². The molecular formula is C22H30N4O. The van der Waals surface area contributed by atoms with Gasteiger partial charge in [0.15, 0.2) is 0 Å². The Morgan fingerprint density at radius 3 is 2.93 bits per heavy atom. The molecule has 0 spiro atoms. The molecule has 27 heavy (non-hydrogen) atoms. The Morgan fingerprint density at radius 1 is 1.37 bits per heavy atom. The van der Waals surface area contributed by atoms with Crippen molar-refractivity contribution in [2.24, 2.45) is 0 Å². The summed E-state index contributed by atoms with van der Waals surface area (Å²) in [6.45, 7) is 3.67. The van der Waals surface area contributed by atoms with Crippen molar-refractivity contribution in [1.29, 1.82) is 0 Å². The van der Waals surface area contributed by atoms with Crippen LogP contribution in [0.1, 0.15) is 54.8 Å². The quantitative estimate of drug-likeness (QED) is 0.874. The van der Waals surface area contributed by atoms with Gasteiger partial charge in [-0.05, 0) is 62.8 Å². The number of H-pyrrole nitrogens is 1. The van der Waals surface area contributed by atoms with Crippen LogP contribution in [0, 0.1) is 0 Å². The fraction of sp³-hybridized carbons (Fsp3) is 0.591. The second-order valence-electron chi connectivity index (χ2n) is 8.78. The Balaban J connectivity index is 1.49. The minimum atomic E-state index is 0.0433. The number of fused-ring (bicyclic) bond motifs is 2. The number of likely N-dealkylation sites (N-methyl/N-ethyl adjacent to an activating group) is 1. The molecule has 1 aliphatic heterocycles. The van der Waals surface area contributed by atoms with Gasteiger partial charge in [-0.2, -0.15) is 0 Å². The first-order valence-electron chi connectivity index (χ1n) is 10.4. The maximum atomic E-state index is 12.4. The lowest BCUT2D eigenvalue weighted by molar-refractivity contribution is 0.125. The molecule has 1 aromatic carbocycles. The molecule has 2 amide bonds.